The van der Waals surface area contributed by atoms with Crippen molar-refractivity contribution in [1.82, 2.24) is 9.47 Å². The van der Waals surface area contributed by atoms with Crippen molar-refractivity contribution in [3.63, 3.8) is 0 Å². The zero-order chi connectivity index (χ0) is 13.8. The van der Waals surface area contributed by atoms with Gasteiger partial charge >= 0.3 is 0 Å². The lowest BCUT2D eigenvalue weighted by Crippen LogP contribution is -2.20. The highest BCUT2D eigenvalue weighted by atomic mass is 16.5. The molecule has 4 heteroatoms. The molecule has 0 spiro atoms. The number of aliphatic hydroxyl groups excluding tert-OH is 1. The number of aliphatic hydroxyl groups is 1. The smallest absolute Gasteiger partial charge is 0.0807 e. The topological polar surface area (TPSA) is 37.6 Å². The van der Waals surface area contributed by atoms with Crippen LogP contribution < -0.4 is 0 Å². The average molecular weight is 266 g/mol. The van der Waals surface area contributed by atoms with Gasteiger partial charge in [-0.05, 0) is 46.3 Å². The van der Waals surface area contributed by atoms with Crippen LogP contribution in [-0.4, -0.2) is 48.4 Å². The highest BCUT2D eigenvalue weighted by Gasteiger charge is 2.22. The summed E-state index contributed by atoms with van der Waals surface area (Å²) in [6.07, 6.45) is 2.80. The Hall–Kier alpha value is -0.840. The van der Waals surface area contributed by atoms with Crippen molar-refractivity contribution in [2.75, 3.05) is 33.9 Å². The quantitative estimate of drug-likeness (QED) is 0.797. The predicted octanol–water partition coefficient (Wildman–Crippen LogP) is 1.74. The number of hydrogen-bond donors (Lipinski definition) is 1. The molecule has 1 aliphatic carbocycles. The second-order valence-corrected chi connectivity index (χ2v) is 5.66. The third-order valence-corrected chi connectivity index (χ3v) is 3.84. The van der Waals surface area contributed by atoms with E-state index in [0.29, 0.717) is 0 Å². The van der Waals surface area contributed by atoms with Gasteiger partial charge in [0.1, 0.15) is 0 Å². The number of fused-ring (bicyclic) bond motifs is 1. The van der Waals surface area contributed by atoms with Gasteiger partial charge in [0.25, 0.3) is 0 Å². The molecule has 1 aromatic heterocycles. The largest absolute Gasteiger partial charge is 0.388 e. The maximum atomic E-state index is 10.0. The standard InChI is InChI=1S/C15H26N2O2/c1-12-11-13-14(5-4-6-15(13)18)17(12)8-10-19-9-7-16(2)3/h11,15,18H,4-10H2,1-3H3. The molecule has 1 N–H and O–H groups in total. The van der Waals surface area contributed by atoms with Crippen LogP contribution in [0, 0.1) is 6.92 Å². The van der Waals surface area contributed by atoms with Crippen molar-refractivity contribution >= 4 is 0 Å². The van der Waals surface area contributed by atoms with E-state index >= 15 is 0 Å². The van der Waals surface area contributed by atoms with Gasteiger partial charge in [-0.2, -0.15) is 0 Å². The number of aryl methyl sites for hydroxylation is 1. The van der Waals surface area contributed by atoms with E-state index < -0.39 is 0 Å². The Morgan fingerprint density at radius 2 is 2.21 bits per heavy atom. The van der Waals surface area contributed by atoms with Crippen LogP contribution in [0.25, 0.3) is 0 Å². The van der Waals surface area contributed by atoms with E-state index in [1.54, 1.807) is 0 Å². The number of hydrogen-bond acceptors (Lipinski definition) is 3. The molecule has 1 aliphatic rings. The summed E-state index contributed by atoms with van der Waals surface area (Å²) >= 11 is 0. The molecule has 2 rings (SSSR count). The Labute approximate surface area is 116 Å². The Morgan fingerprint density at radius 1 is 1.42 bits per heavy atom. The number of nitrogens with zero attached hydrogens (tertiary/aromatic N) is 2. The van der Waals surface area contributed by atoms with Crippen LogP contribution in [0.3, 0.4) is 0 Å². The third kappa shape index (κ3) is 3.59. The fraction of sp³-hybridized carbons (Fsp3) is 0.733. The van der Waals surface area contributed by atoms with E-state index in [2.05, 4.69) is 36.6 Å². The highest BCUT2D eigenvalue weighted by molar-refractivity contribution is 5.31. The van der Waals surface area contributed by atoms with Crippen molar-refractivity contribution in [1.29, 1.82) is 0 Å². The van der Waals surface area contributed by atoms with Crippen LogP contribution in [0.4, 0.5) is 0 Å². The average Bonchev–Trinajstić information content (AvgIpc) is 2.67. The number of ether oxygens (including phenoxy) is 1. The summed E-state index contributed by atoms with van der Waals surface area (Å²) in [5.74, 6) is 0. The minimum absolute atomic E-state index is 0.265. The minimum atomic E-state index is -0.265. The van der Waals surface area contributed by atoms with Crippen LogP contribution in [0.5, 0.6) is 0 Å². The summed E-state index contributed by atoms with van der Waals surface area (Å²) in [6.45, 7) is 5.48. The van der Waals surface area contributed by atoms with Crippen LogP contribution in [0.2, 0.25) is 0 Å². The summed E-state index contributed by atoms with van der Waals surface area (Å²) in [5.41, 5.74) is 3.69. The lowest BCUT2D eigenvalue weighted by molar-refractivity contribution is 0.109. The van der Waals surface area contributed by atoms with Crippen molar-refractivity contribution in [3.05, 3.63) is 23.0 Å². The lowest BCUT2D eigenvalue weighted by Gasteiger charge is -2.20. The van der Waals surface area contributed by atoms with E-state index in [-0.39, 0.29) is 6.10 Å². The van der Waals surface area contributed by atoms with Crippen LogP contribution in [0.1, 0.15) is 35.9 Å². The molecule has 0 aliphatic heterocycles. The Morgan fingerprint density at radius 3 is 2.95 bits per heavy atom. The second-order valence-electron chi connectivity index (χ2n) is 5.66. The van der Waals surface area contributed by atoms with E-state index in [1.807, 2.05) is 0 Å². The SMILES string of the molecule is Cc1cc2c(n1CCOCCN(C)C)CCCC2O. The monoisotopic (exact) mass is 266 g/mol. The zero-order valence-corrected chi connectivity index (χ0v) is 12.4. The molecule has 0 saturated heterocycles. The Bertz CT molecular complexity index is 413. The molecule has 0 amide bonds. The summed E-state index contributed by atoms with van der Waals surface area (Å²) in [5, 5.41) is 10.0. The van der Waals surface area contributed by atoms with Gasteiger partial charge in [0, 0.05) is 30.0 Å². The van der Waals surface area contributed by atoms with Crippen LogP contribution in [-0.2, 0) is 17.7 Å². The molecule has 1 heterocycles. The molecular weight excluding hydrogens is 240 g/mol. The minimum Gasteiger partial charge on any atom is -0.388 e. The van der Waals surface area contributed by atoms with E-state index in [1.165, 1.54) is 11.4 Å². The molecule has 4 nitrogen and oxygen atoms in total. The number of likely N-dealkylation sites (N-methyl/N-ethyl adjacent to an activating group) is 1. The summed E-state index contributed by atoms with van der Waals surface area (Å²) < 4.78 is 7.98. The molecule has 0 saturated carbocycles. The van der Waals surface area contributed by atoms with Gasteiger partial charge in [0.2, 0.25) is 0 Å². The molecule has 1 aromatic rings. The molecule has 1 unspecified atom stereocenters. The van der Waals surface area contributed by atoms with Gasteiger partial charge in [-0.3, -0.25) is 0 Å². The normalized spacial score (nSPS) is 18.9. The fourth-order valence-electron chi connectivity index (χ4n) is 2.76. The first-order valence-electron chi connectivity index (χ1n) is 7.19. The van der Waals surface area contributed by atoms with Crippen molar-refractivity contribution in [2.45, 2.75) is 38.8 Å². The maximum Gasteiger partial charge on any atom is 0.0807 e. The molecule has 1 atom stereocenters. The van der Waals surface area contributed by atoms with Gasteiger partial charge in [0.15, 0.2) is 0 Å². The Balaban J connectivity index is 1.90. The van der Waals surface area contributed by atoms with Crippen LogP contribution in [0.15, 0.2) is 6.07 Å². The molecule has 0 aromatic carbocycles. The number of aromatic nitrogens is 1. The lowest BCUT2D eigenvalue weighted by atomic mass is 9.95. The third-order valence-electron chi connectivity index (χ3n) is 3.84. The van der Waals surface area contributed by atoms with Gasteiger partial charge in [-0.25, -0.2) is 0 Å². The van der Waals surface area contributed by atoms with Gasteiger partial charge in [-0.15, -0.1) is 0 Å². The van der Waals surface area contributed by atoms with E-state index in [4.69, 9.17) is 4.74 Å². The second kappa shape index (κ2) is 6.55. The summed E-state index contributed by atoms with van der Waals surface area (Å²) in [4.78, 5) is 2.12. The van der Waals surface area contributed by atoms with Gasteiger partial charge < -0.3 is 19.3 Å². The Kier molecular flexibility index (Phi) is 5.02. The first kappa shape index (κ1) is 14.6. The van der Waals surface area contributed by atoms with E-state index in [9.17, 15) is 5.11 Å². The molecule has 0 radical (unpaired) electrons. The molecular formula is C15H26N2O2. The molecule has 0 bridgehead atoms. The molecule has 19 heavy (non-hydrogen) atoms. The van der Waals surface area contributed by atoms with Gasteiger partial charge in [0.05, 0.1) is 19.3 Å². The predicted molar refractivity (Wildman–Crippen MR) is 76.4 cm³/mol. The van der Waals surface area contributed by atoms with E-state index in [0.717, 1.165) is 51.1 Å². The van der Waals surface area contributed by atoms with Crippen molar-refractivity contribution in [2.24, 2.45) is 0 Å². The zero-order valence-electron chi connectivity index (χ0n) is 12.4. The first-order chi connectivity index (χ1) is 9.09. The van der Waals surface area contributed by atoms with Crippen molar-refractivity contribution < 1.29 is 9.84 Å². The van der Waals surface area contributed by atoms with Gasteiger partial charge in [-0.1, -0.05) is 0 Å². The molecule has 108 valence electrons. The first-order valence-corrected chi connectivity index (χ1v) is 7.19. The fourth-order valence-corrected chi connectivity index (χ4v) is 2.76. The maximum absolute atomic E-state index is 10.0. The summed E-state index contributed by atoms with van der Waals surface area (Å²) in [6, 6.07) is 2.14. The van der Waals surface area contributed by atoms with Crippen molar-refractivity contribution in [3.8, 4) is 0 Å². The van der Waals surface area contributed by atoms with Crippen LogP contribution >= 0.6 is 0 Å². The summed E-state index contributed by atoms with van der Waals surface area (Å²) in [7, 11) is 4.11. The highest BCUT2D eigenvalue weighted by Crippen LogP contribution is 2.31. The number of rotatable bonds is 6. The molecule has 0 fully saturated rings.